The summed E-state index contributed by atoms with van der Waals surface area (Å²) in [5.41, 5.74) is 2.49. The first kappa shape index (κ1) is 16.6. The van der Waals surface area contributed by atoms with Crippen LogP contribution in [0.4, 0.5) is 0 Å². The van der Waals surface area contributed by atoms with Gasteiger partial charge in [-0.1, -0.05) is 18.2 Å². The number of carbonyl (C=O) groups excluding carboxylic acids is 1. The summed E-state index contributed by atoms with van der Waals surface area (Å²) >= 11 is 1.50. The van der Waals surface area contributed by atoms with Crippen molar-refractivity contribution < 1.29 is 4.79 Å². The molecular weight excluding hydrogens is 358 g/mol. The van der Waals surface area contributed by atoms with Crippen LogP contribution in [0.5, 0.6) is 0 Å². The fourth-order valence-electron chi connectivity index (χ4n) is 4.00. The van der Waals surface area contributed by atoms with E-state index in [0.29, 0.717) is 11.7 Å². The minimum atomic E-state index is 0.0551. The van der Waals surface area contributed by atoms with Crippen LogP contribution in [0, 0.1) is 0 Å². The second-order valence-corrected chi connectivity index (χ2v) is 7.99. The molecule has 1 unspecified atom stereocenters. The molecule has 2 fully saturated rings. The Balaban J connectivity index is 1.33. The number of nitrogens with zero attached hydrogens (tertiary/aromatic N) is 5. The van der Waals surface area contributed by atoms with Gasteiger partial charge in [0.25, 0.3) is 5.91 Å². The molecule has 2 aliphatic rings. The van der Waals surface area contributed by atoms with Crippen LogP contribution >= 0.6 is 11.3 Å². The maximum Gasteiger partial charge on any atom is 0.273 e. The zero-order valence-electron chi connectivity index (χ0n) is 15.0. The van der Waals surface area contributed by atoms with Crippen LogP contribution in [0.3, 0.4) is 0 Å². The Kier molecular flexibility index (Phi) is 4.26. The van der Waals surface area contributed by atoms with Gasteiger partial charge < -0.3 is 4.90 Å². The van der Waals surface area contributed by atoms with Crippen molar-refractivity contribution in [2.45, 2.75) is 18.9 Å². The van der Waals surface area contributed by atoms with E-state index in [4.69, 9.17) is 0 Å². The Morgan fingerprint density at radius 3 is 2.93 bits per heavy atom. The quantitative estimate of drug-likeness (QED) is 0.702. The summed E-state index contributed by atoms with van der Waals surface area (Å²) in [6, 6.07) is 10.5. The third-order valence-electron chi connectivity index (χ3n) is 5.45. The minimum absolute atomic E-state index is 0.0551. The van der Waals surface area contributed by atoms with Crippen LogP contribution < -0.4 is 0 Å². The van der Waals surface area contributed by atoms with E-state index in [-0.39, 0.29) is 5.91 Å². The third kappa shape index (κ3) is 3.17. The van der Waals surface area contributed by atoms with E-state index in [1.807, 2.05) is 51.5 Å². The van der Waals surface area contributed by atoms with Gasteiger partial charge >= 0.3 is 0 Å². The van der Waals surface area contributed by atoms with Crippen LogP contribution in [-0.2, 0) is 0 Å². The van der Waals surface area contributed by atoms with Gasteiger partial charge in [0.05, 0.1) is 11.9 Å². The number of para-hydroxylation sites is 1. The molecule has 27 heavy (non-hydrogen) atoms. The number of hydrogen-bond donors (Lipinski definition) is 0. The first-order chi connectivity index (χ1) is 13.3. The predicted octanol–water partition coefficient (Wildman–Crippen LogP) is 2.92. The third-order valence-corrected chi connectivity index (χ3v) is 6.34. The summed E-state index contributed by atoms with van der Waals surface area (Å²) in [6.45, 7) is 3.79. The van der Waals surface area contributed by atoms with E-state index in [2.05, 4.69) is 15.0 Å². The molecule has 0 N–H and O–H groups in total. The fraction of sp³-hybridized carbons (Fsp3) is 0.350. The molecule has 6 nitrogen and oxygen atoms in total. The number of fused-ring (bicyclic) bond motifs is 1. The monoisotopic (exact) mass is 379 g/mol. The number of benzene rings is 1. The van der Waals surface area contributed by atoms with Crippen molar-refractivity contribution in [2.24, 2.45) is 0 Å². The summed E-state index contributed by atoms with van der Waals surface area (Å²) in [7, 11) is 0. The molecule has 2 aromatic heterocycles. The number of aromatic nitrogens is 3. The molecule has 1 atom stereocenters. The van der Waals surface area contributed by atoms with Crippen molar-refractivity contribution in [1.29, 1.82) is 0 Å². The van der Waals surface area contributed by atoms with Gasteiger partial charge in [-0.05, 0) is 31.5 Å². The van der Waals surface area contributed by atoms with E-state index in [0.717, 1.165) is 35.9 Å². The Morgan fingerprint density at radius 2 is 2.04 bits per heavy atom. The average Bonchev–Trinajstić information content (AvgIpc) is 3.47. The molecule has 0 bridgehead atoms. The van der Waals surface area contributed by atoms with E-state index in [1.54, 1.807) is 6.20 Å². The van der Waals surface area contributed by atoms with Crippen LogP contribution in [0.15, 0.2) is 48.1 Å². The first-order valence-electron chi connectivity index (χ1n) is 9.37. The highest BCUT2D eigenvalue weighted by atomic mass is 32.1. The van der Waals surface area contributed by atoms with Gasteiger partial charge in [-0.25, -0.2) is 9.67 Å². The largest absolute Gasteiger partial charge is 0.334 e. The molecule has 2 aliphatic heterocycles. The van der Waals surface area contributed by atoms with Gasteiger partial charge in [-0.15, -0.1) is 11.3 Å². The van der Waals surface area contributed by atoms with Gasteiger partial charge in [0.15, 0.2) is 0 Å². The van der Waals surface area contributed by atoms with Gasteiger partial charge in [-0.2, -0.15) is 5.10 Å². The number of thiazole rings is 1. The Morgan fingerprint density at radius 1 is 1.15 bits per heavy atom. The second-order valence-electron chi connectivity index (χ2n) is 7.13. The van der Waals surface area contributed by atoms with E-state index in [9.17, 15) is 4.79 Å². The smallest absolute Gasteiger partial charge is 0.273 e. The number of rotatable bonds is 3. The molecule has 1 amide bonds. The zero-order chi connectivity index (χ0) is 18.2. The number of amides is 1. The molecule has 1 aromatic carbocycles. The molecule has 3 aromatic rings. The minimum Gasteiger partial charge on any atom is -0.334 e. The maximum absolute atomic E-state index is 12.9. The highest BCUT2D eigenvalue weighted by Gasteiger charge is 2.33. The molecule has 0 saturated carbocycles. The van der Waals surface area contributed by atoms with Crippen molar-refractivity contribution in [3.05, 3.63) is 53.8 Å². The summed E-state index contributed by atoms with van der Waals surface area (Å²) in [6.07, 6.45) is 6.21. The van der Waals surface area contributed by atoms with Gasteiger partial charge in [-0.3, -0.25) is 9.69 Å². The summed E-state index contributed by atoms with van der Waals surface area (Å²) < 4.78 is 1.83. The van der Waals surface area contributed by atoms with E-state index in [1.165, 1.54) is 30.7 Å². The van der Waals surface area contributed by atoms with Crippen LogP contribution in [0.1, 0.15) is 23.3 Å². The number of carbonyl (C=O) groups is 1. The fourth-order valence-corrected chi connectivity index (χ4v) is 4.77. The van der Waals surface area contributed by atoms with Gasteiger partial charge in [0.2, 0.25) is 0 Å². The molecular formula is C20H21N5OS. The normalized spacial score (nSPS) is 20.0. The molecule has 2 saturated heterocycles. The molecule has 138 valence electrons. The molecule has 5 rings (SSSR count). The lowest BCUT2D eigenvalue weighted by atomic mass is 10.1. The Hall–Kier alpha value is -2.51. The Bertz CT molecular complexity index is 950. The first-order valence-corrected chi connectivity index (χ1v) is 10.3. The summed E-state index contributed by atoms with van der Waals surface area (Å²) in [5, 5.41) is 7.13. The molecule has 7 heteroatoms. The standard InChI is InChI=1S/C20H21N5OS/c26-20(24-10-9-23-8-4-7-17(23)13-24)18-14-27-19(22-18)15-11-21-25(12-15)16-5-2-1-3-6-16/h1-3,5-6,11-12,14,17H,4,7-10,13H2. The second kappa shape index (κ2) is 6.90. The lowest BCUT2D eigenvalue weighted by Gasteiger charge is -2.37. The summed E-state index contributed by atoms with van der Waals surface area (Å²) in [4.78, 5) is 22.0. The van der Waals surface area contributed by atoms with E-state index < -0.39 is 0 Å². The Labute approximate surface area is 162 Å². The lowest BCUT2D eigenvalue weighted by Crippen LogP contribution is -2.52. The van der Waals surface area contributed by atoms with Crippen LogP contribution in [-0.4, -0.2) is 62.7 Å². The molecule has 0 aliphatic carbocycles. The number of hydrogen-bond acceptors (Lipinski definition) is 5. The van der Waals surface area contributed by atoms with Crippen molar-refractivity contribution in [1.82, 2.24) is 24.6 Å². The van der Waals surface area contributed by atoms with Gasteiger partial charge in [0.1, 0.15) is 10.7 Å². The lowest BCUT2D eigenvalue weighted by molar-refractivity contribution is 0.0566. The molecule has 4 heterocycles. The van der Waals surface area contributed by atoms with E-state index >= 15 is 0 Å². The van der Waals surface area contributed by atoms with Crippen LogP contribution in [0.25, 0.3) is 16.3 Å². The topological polar surface area (TPSA) is 54.3 Å². The average molecular weight is 379 g/mol. The summed E-state index contributed by atoms with van der Waals surface area (Å²) in [5.74, 6) is 0.0551. The molecule has 0 spiro atoms. The highest BCUT2D eigenvalue weighted by Crippen LogP contribution is 2.26. The van der Waals surface area contributed by atoms with Crippen molar-refractivity contribution in [3.8, 4) is 16.3 Å². The number of piperazine rings is 1. The zero-order valence-corrected chi connectivity index (χ0v) is 15.8. The maximum atomic E-state index is 12.9. The van der Waals surface area contributed by atoms with Crippen molar-refractivity contribution >= 4 is 17.2 Å². The van der Waals surface area contributed by atoms with Crippen molar-refractivity contribution in [3.63, 3.8) is 0 Å². The van der Waals surface area contributed by atoms with Gasteiger partial charge in [0, 0.05) is 42.8 Å². The highest BCUT2D eigenvalue weighted by molar-refractivity contribution is 7.13. The predicted molar refractivity (Wildman–Crippen MR) is 105 cm³/mol. The SMILES string of the molecule is O=C(c1csc(-c2cnn(-c3ccccc3)c2)n1)N1CCN2CCCC2C1. The van der Waals surface area contributed by atoms with Crippen molar-refractivity contribution in [2.75, 3.05) is 26.2 Å². The molecule has 0 radical (unpaired) electrons. The van der Waals surface area contributed by atoms with Crippen LogP contribution in [0.2, 0.25) is 0 Å².